The fourth-order valence-corrected chi connectivity index (χ4v) is 1.32. The molecule has 1 rings (SSSR count). The third kappa shape index (κ3) is 6.68. The highest BCUT2D eigenvalue weighted by molar-refractivity contribution is 6.01. The van der Waals surface area contributed by atoms with Gasteiger partial charge >= 0.3 is 17.9 Å². The molecule has 108 valence electrons. The summed E-state index contributed by atoms with van der Waals surface area (Å²) in [4.78, 5) is 32.8. The molecule has 0 aliphatic carbocycles. The molecular formula is C16H14O5. The first kappa shape index (κ1) is 16.1. The third-order valence-corrected chi connectivity index (χ3v) is 2.32. The number of rotatable bonds is 6. The maximum atomic E-state index is 11.5. The lowest BCUT2D eigenvalue weighted by Gasteiger charge is -2.00. The number of hydrogen-bond donors (Lipinski definition) is 1. The molecule has 0 unspecified atom stereocenters. The number of aliphatic carboxylic acids is 1. The molecule has 5 nitrogen and oxygen atoms in total. The van der Waals surface area contributed by atoms with Crippen molar-refractivity contribution in [2.24, 2.45) is 0 Å². The molecule has 0 saturated heterocycles. The van der Waals surface area contributed by atoms with Crippen LogP contribution in [-0.2, 0) is 19.1 Å². The van der Waals surface area contributed by atoms with E-state index in [-0.39, 0.29) is 12.0 Å². The standard InChI is InChI=1S/C16H14O5/c1-12(6-5-9-13-7-3-2-4-8-13)16(20)21-15(19)11-10-14(17)18/h2-5,7-11H,1,6H2,(H,17,18)/b9-5?,11-10-. The molecule has 1 aromatic carbocycles. The Morgan fingerprint density at radius 1 is 1.14 bits per heavy atom. The number of carbonyl (C=O) groups excluding carboxylic acids is 2. The summed E-state index contributed by atoms with van der Waals surface area (Å²) in [7, 11) is 0. The van der Waals surface area contributed by atoms with Gasteiger partial charge in [-0.15, -0.1) is 0 Å². The van der Waals surface area contributed by atoms with Gasteiger partial charge in [0.2, 0.25) is 0 Å². The topological polar surface area (TPSA) is 80.7 Å². The normalized spacial score (nSPS) is 10.7. The second-order valence-corrected chi connectivity index (χ2v) is 4.00. The Labute approximate surface area is 121 Å². The molecule has 0 atom stereocenters. The number of hydrogen-bond acceptors (Lipinski definition) is 4. The van der Waals surface area contributed by atoms with Crippen LogP contribution in [0.25, 0.3) is 6.08 Å². The van der Waals surface area contributed by atoms with Crippen molar-refractivity contribution in [3.8, 4) is 0 Å². The van der Waals surface area contributed by atoms with Crippen molar-refractivity contribution in [1.29, 1.82) is 0 Å². The summed E-state index contributed by atoms with van der Waals surface area (Å²) in [6, 6.07) is 9.46. The Hall–Kier alpha value is -2.95. The molecule has 0 fully saturated rings. The number of allylic oxidation sites excluding steroid dienone is 1. The van der Waals surface area contributed by atoms with Gasteiger partial charge in [0.1, 0.15) is 0 Å². The molecule has 0 heterocycles. The molecule has 1 N–H and O–H groups in total. The zero-order chi connectivity index (χ0) is 15.7. The Kier molecular flexibility index (Phi) is 6.34. The van der Waals surface area contributed by atoms with E-state index in [1.165, 1.54) is 0 Å². The predicted molar refractivity (Wildman–Crippen MR) is 77.1 cm³/mol. The number of carboxylic acids is 1. The minimum atomic E-state index is -1.30. The summed E-state index contributed by atoms with van der Waals surface area (Å²) in [5.41, 5.74) is 1.07. The van der Waals surface area contributed by atoms with E-state index in [2.05, 4.69) is 11.3 Å². The molecule has 0 saturated carbocycles. The SMILES string of the molecule is C=C(CC=Cc1ccccc1)C(=O)OC(=O)/C=C\C(=O)O. The fourth-order valence-electron chi connectivity index (χ4n) is 1.32. The van der Waals surface area contributed by atoms with E-state index in [9.17, 15) is 14.4 Å². The summed E-state index contributed by atoms with van der Waals surface area (Å²) in [6.45, 7) is 3.52. The Bertz CT molecular complexity index is 596. The van der Waals surface area contributed by atoms with Crippen LogP contribution in [0.1, 0.15) is 12.0 Å². The van der Waals surface area contributed by atoms with Gasteiger partial charge in [-0.25, -0.2) is 14.4 Å². The van der Waals surface area contributed by atoms with Crippen molar-refractivity contribution in [3.05, 3.63) is 66.3 Å². The zero-order valence-corrected chi connectivity index (χ0v) is 11.2. The predicted octanol–water partition coefficient (Wildman–Crippen LogP) is 2.36. The number of carbonyl (C=O) groups is 3. The second-order valence-electron chi connectivity index (χ2n) is 4.00. The number of benzene rings is 1. The van der Waals surface area contributed by atoms with E-state index >= 15 is 0 Å². The first-order chi connectivity index (χ1) is 9.99. The van der Waals surface area contributed by atoms with Gasteiger partial charge < -0.3 is 9.84 Å². The Morgan fingerprint density at radius 2 is 1.81 bits per heavy atom. The van der Waals surface area contributed by atoms with Crippen molar-refractivity contribution < 1.29 is 24.2 Å². The molecule has 5 heteroatoms. The number of esters is 2. The summed E-state index contributed by atoms with van der Waals surface area (Å²) in [5.74, 6) is -3.23. The molecule has 0 aliphatic heterocycles. The van der Waals surface area contributed by atoms with Crippen LogP contribution >= 0.6 is 0 Å². The Morgan fingerprint density at radius 3 is 2.43 bits per heavy atom. The van der Waals surface area contributed by atoms with E-state index in [1.54, 1.807) is 6.08 Å². The van der Waals surface area contributed by atoms with E-state index in [1.807, 2.05) is 36.4 Å². The van der Waals surface area contributed by atoms with Crippen LogP contribution < -0.4 is 0 Å². The lowest BCUT2D eigenvalue weighted by atomic mass is 10.1. The van der Waals surface area contributed by atoms with Gasteiger partial charge in [0, 0.05) is 17.7 Å². The van der Waals surface area contributed by atoms with E-state index < -0.39 is 17.9 Å². The van der Waals surface area contributed by atoms with Crippen LogP contribution in [0.5, 0.6) is 0 Å². The average molecular weight is 286 g/mol. The minimum absolute atomic E-state index is 0.0965. The maximum Gasteiger partial charge on any atom is 0.341 e. The van der Waals surface area contributed by atoms with Crippen molar-refractivity contribution >= 4 is 24.0 Å². The maximum absolute atomic E-state index is 11.5. The largest absolute Gasteiger partial charge is 0.478 e. The van der Waals surface area contributed by atoms with Gasteiger partial charge in [-0.1, -0.05) is 49.1 Å². The molecule has 0 spiro atoms. The van der Waals surface area contributed by atoms with Crippen LogP contribution in [0, 0.1) is 0 Å². The number of ether oxygens (including phenoxy) is 1. The molecule has 0 aromatic heterocycles. The van der Waals surface area contributed by atoms with Gasteiger partial charge in [-0.05, 0) is 12.0 Å². The van der Waals surface area contributed by atoms with Crippen LogP contribution in [-0.4, -0.2) is 23.0 Å². The molecule has 0 radical (unpaired) electrons. The molecule has 0 bridgehead atoms. The summed E-state index contributed by atoms with van der Waals surface area (Å²) >= 11 is 0. The van der Waals surface area contributed by atoms with Gasteiger partial charge in [-0.3, -0.25) is 0 Å². The van der Waals surface area contributed by atoms with Gasteiger partial charge in [0.05, 0.1) is 0 Å². The van der Waals surface area contributed by atoms with Gasteiger partial charge in [-0.2, -0.15) is 0 Å². The smallest absolute Gasteiger partial charge is 0.341 e. The van der Waals surface area contributed by atoms with Crippen molar-refractivity contribution in [3.63, 3.8) is 0 Å². The highest BCUT2D eigenvalue weighted by atomic mass is 16.6. The van der Waals surface area contributed by atoms with E-state index in [0.717, 1.165) is 5.56 Å². The van der Waals surface area contributed by atoms with Gasteiger partial charge in [0.25, 0.3) is 0 Å². The summed E-state index contributed by atoms with van der Waals surface area (Å²) in [5, 5.41) is 8.32. The second kappa shape index (κ2) is 8.27. The number of carboxylic acid groups (broad SMARTS) is 1. The first-order valence-corrected chi connectivity index (χ1v) is 6.05. The Balaban J connectivity index is 2.45. The lowest BCUT2D eigenvalue weighted by Crippen LogP contribution is -2.12. The molecular weight excluding hydrogens is 272 g/mol. The lowest BCUT2D eigenvalue weighted by molar-refractivity contribution is -0.153. The van der Waals surface area contributed by atoms with Crippen LogP contribution in [0.3, 0.4) is 0 Å². The fraction of sp³-hybridized carbons (Fsp3) is 0.0625. The minimum Gasteiger partial charge on any atom is -0.478 e. The van der Waals surface area contributed by atoms with Crippen LogP contribution in [0.2, 0.25) is 0 Å². The van der Waals surface area contributed by atoms with Gasteiger partial charge in [0.15, 0.2) is 0 Å². The third-order valence-electron chi connectivity index (χ3n) is 2.32. The van der Waals surface area contributed by atoms with Crippen molar-refractivity contribution in [1.82, 2.24) is 0 Å². The highest BCUT2D eigenvalue weighted by Crippen LogP contribution is 2.07. The zero-order valence-electron chi connectivity index (χ0n) is 11.2. The molecule has 0 aliphatic rings. The average Bonchev–Trinajstić information content (AvgIpc) is 2.46. The van der Waals surface area contributed by atoms with E-state index in [0.29, 0.717) is 12.2 Å². The van der Waals surface area contributed by atoms with Crippen molar-refractivity contribution in [2.45, 2.75) is 6.42 Å². The molecule has 0 amide bonds. The van der Waals surface area contributed by atoms with Crippen LogP contribution in [0.15, 0.2) is 60.7 Å². The monoisotopic (exact) mass is 286 g/mol. The molecule has 1 aromatic rings. The van der Waals surface area contributed by atoms with Crippen LogP contribution in [0.4, 0.5) is 0 Å². The summed E-state index contributed by atoms with van der Waals surface area (Å²) < 4.78 is 4.40. The summed E-state index contributed by atoms with van der Waals surface area (Å²) in [6.07, 6.45) is 5.01. The first-order valence-electron chi connectivity index (χ1n) is 6.05. The quantitative estimate of drug-likeness (QED) is 0.493. The van der Waals surface area contributed by atoms with E-state index in [4.69, 9.17) is 5.11 Å². The molecule has 21 heavy (non-hydrogen) atoms. The highest BCUT2D eigenvalue weighted by Gasteiger charge is 2.11. The van der Waals surface area contributed by atoms with Crippen molar-refractivity contribution in [2.75, 3.05) is 0 Å².